The van der Waals surface area contributed by atoms with Crippen molar-refractivity contribution in [3.63, 3.8) is 0 Å². The van der Waals surface area contributed by atoms with E-state index in [1.54, 1.807) is 0 Å². The van der Waals surface area contributed by atoms with Crippen LogP contribution in [0.5, 0.6) is 0 Å². The van der Waals surface area contributed by atoms with Crippen molar-refractivity contribution in [3.8, 4) is 0 Å². The summed E-state index contributed by atoms with van der Waals surface area (Å²) in [5.41, 5.74) is 2.51. The fraction of sp³-hybridized carbons (Fsp3) is 0.364. The number of fused-ring (bicyclic) bond motifs is 1. The number of aryl methyl sites for hydroxylation is 1. The van der Waals surface area contributed by atoms with Gasteiger partial charge in [-0.3, -0.25) is 4.79 Å². The lowest BCUT2D eigenvalue weighted by Crippen LogP contribution is -2.28. The highest BCUT2D eigenvalue weighted by Gasteiger charge is 2.09. The van der Waals surface area contributed by atoms with E-state index in [4.69, 9.17) is 0 Å². The second-order valence-corrected chi connectivity index (χ2v) is 3.40. The molecule has 1 aliphatic rings. The summed E-state index contributed by atoms with van der Waals surface area (Å²) in [6.45, 7) is 0.813. The molecule has 0 aromatic heterocycles. The Morgan fingerprint density at radius 1 is 1.15 bits per heavy atom. The molecule has 1 aliphatic heterocycles. The Bertz CT molecular complexity index is 320. The fourth-order valence-electron chi connectivity index (χ4n) is 1.72. The number of carbonyl (C=O) groups is 1. The number of hydrogen-bond donors (Lipinski definition) is 1. The van der Waals surface area contributed by atoms with Gasteiger partial charge in [-0.05, 0) is 24.0 Å². The Balaban J connectivity index is 2.30. The van der Waals surface area contributed by atoms with Gasteiger partial charge in [-0.2, -0.15) is 0 Å². The summed E-state index contributed by atoms with van der Waals surface area (Å²) in [5, 5.41) is 2.89. The number of nitrogens with one attached hydrogen (secondary N) is 1. The van der Waals surface area contributed by atoms with Gasteiger partial charge in [0.1, 0.15) is 0 Å². The van der Waals surface area contributed by atoms with Crippen LogP contribution in [0.2, 0.25) is 0 Å². The number of rotatable bonds is 0. The SMILES string of the molecule is O=C1Cc2ccccc2CCCN1. The maximum absolute atomic E-state index is 11.3. The van der Waals surface area contributed by atoms with Crippen LogP contribution in [0.25, 0.3) is 0 Å². The molecule has 0 atom stereocenters. The minimum absolute atomic E-state index is 0.146. The van der Waals surface area contributed by atoms with Gasteiger partial charge in [-0.1, -0.05) is 24.3 Å². The van der Waals surface area contributed by atoms with E-state index in [1.807, 2.05) is 18.2 Å². The van der Waals surface area contributed by atoms with Gasteiger partial charge in [0.25, 0.3) is 0 Å². The summed E-state index contributed by atoms with van der Waals surface area (Å²) in [7, 11) is 0. The summed E-state index contributed by atoms with van der Waals surface area (Å²) in [4.78, 5) is 11.3. The van der Waals surface area contributed by atoms with Gasteiger partial charge in [0.15, 0.2) is 0 Å². The molecule has 1 heterocycles. The predicted octanol–water partition coefficient (Wildman–Crippen LogP) is 1.29. The third kappa shape index (κ3) is 1.89. The maximum atomic E-state index is 11.3. The van der Waals surface area contributed by atoms with E-state index in [1.165, 1.54) is 11.1 Å². The number of hydrogen-bond acceptors (Lipinski definition) is 1. The zero-order chi connectivity index (χ0) is 9.10. The van der Waals surface area contributed by atoms with Gasteiger partial charge in [-0.15, -0.1) is 0 Å². The van der Waals surface area contributed by atoms with Gasteiger partial charge >= 0.3 is 0 Å². The van der Waals surface area contributed by atoms with Gasteiger partial charge < -0.3 is 5.32 Å². The first kappa shape index (κ1) is 8.30. The minimum Gasteiger partial charge on any atom is -0.356 e. The molecular weight excluding hydrogens is 162 g/mol. The summed E-state index contributed by atoms with van der Waals surface area (Å²) >= 11 is 0. The van der Waals surface area contributed by atoms with Crippen LogP contribution < -0.4 is 5.32 Å². The molecule has 0 unspecified atom stereocenters. The first-order valence-corrected chi connectivity index (χ1v) is 4.70. The third-order valence-electron chi connectivity index (χ3n) is 2.41. The Morgan fingerprint density at radius 2 is 1.92 bits per heavy atom. The summed E-state index contributed by atoms with van der Waals surface area (Å²) < 4.78 is 0. The molecule has 0 saturated heterocycles. The van der Waals surface area contributed by atoms with Crippen molar-refractivity contribution in [1.82, 2.24) is 5.32 Å². The average Bonchev–Trinajstić information content (AvgIpc) is 2.11. The van der Waals surface area contributed by atoms with Crippen LogP contribution in [0, 0.1) is 0 Å². The first-order chi connectivity index (χ1) is 6.36. The standard InChI is InChI=1S/C11H13NO/c13-11-8-10-5-2-1-4-9(10)6-3-7-12-11/h1-2,4-5H,3,6-8H2,(H,12,13). The molecule has 0 aliphatic carbocycles. The van der Waals surface area contributed by atoms with Crippen LogP contribution in [-0.4, -0.2) is 12.5 Å². The lowest BCUT2D eigenvalue weighted by molar-refractivity contribution is -0.120. The van der Waals surface area contributed by atoms with Crippen molar-refractivity contribution < 1.29 is 4.79 Å². The molecule has 1 amide bonds. The molecule has 2 heteroatoms. The van der Waals surface area contributed by atoms with Crippen molar-refractivity contribution in [2.45, 2.75) is 19.3 Å². The molecule has 0 spiro atoms. The van der Waals surface area contributed by atoms with Gasteiger partial charge in [0, 0.05) is 6.54 Å². The Hall–Kier alpha value is -1.31. The Morgan fingerprint density at radius 3 is 2.77 bits per heavy atom. The lowest BCUT2D eigenvalue weighted by Gasteiger charge is -2.13. The van der Waals surface area contributed by atoms with Crippen molar-refractivity contribution in [2.75, 3.05) is 6.54 Å². The molecule has 1 aromatic carbocycles. The van der Waals surface area contributed by atoms with E-state index in [0.29, 0.717) is 6.42 Å². The molecule has 13 heavy (non-hydrogen) atoms. The molecule has 68 valence electrons. The molecule has 1 N–H and O–H groups in total. The molecular formula is C11H13NO. The number of amides is 1. The molecule has 0 saturated carbocycles. The Kier molecular flexibility index (Phi) is 2.30. The van der Waals surface area contributed by atoms with Crippen LogP contribution in [0.15, 0.2) is 24.3 Å². The van der Waals surface area contributed by atoms with Crippen molar-refractivity contribution in [2.24, 2.45) is 0 Å². The van der Waals surface area contributed by atoms with Crippen molar-refractivity contribution >= 4 is 5.91 Å². The zero-order valence-corrected chi connectivity index (χ0v) is 7.55. The molecule has 1 aromatic rings. The van der Waals surface area contributed by atoms with Crippen LogP contribution >= 0.6 is 0 Å². The summed E-state index contributed by atoms with van der Waals surface area (Å²) in [6.07, 6.45) is 2.66. The quantitative estimate of drug-likeness (QED) is 0.632. The van der Waals surface area contributed by atoms with Gasteiger partial charge in [0.2, 0.25) is 5.91 Å². The molecule has 2 nitrogen and oxygen atoms in total. The normalized spacial score (nSPS) is 16.8. The smallest absolute Gasteiger partial charge is 0.224 e. The highest BCUT2D eigenvalue weighted by molar-refractivity contribution is 5.79. The van der Waals surface area contributed by atoms with Crippen LogP contribution in [-0.2, 0) is 17.6 Å². The largest absolute Gasteiger partial charge is 0.356 e. The van der Waals surface area contributed by atoms with E-state index in [-0.39, 0.29) is 5.91 Å². The Labute approximate surface area is 78.0 Å². The third-order valence-corrected chi connectivity index (χ3v) is 2.41. The fourth-order valence-corrected chi connectivity index (χ4v) is 1.72. The monoisotopic (exact) mass is 175 g/mol. The summed E-state index contributed by atoms with van der Waals surface area (Å²) in [6, 6.07) is 8.19. The first-order valence-electron chi connectivity index (χ1n) is 4.70. The second-order valence-electron chi connectivity index (χ2n) is 3.40. The van der Waals surface area contributed by atoms with Gasteiger partial charge in [0.05, 0.1) is 6.42 Å². The molecule has 2 rings (SSSR count). The lowest BCUT2D eigenvalue weighted by atomic mass is 9.99. The predicted molar refractivity (Wildman–Crippen MR) is 51.5 cm³/mol. The minimum atomic E-state index is 0.146. The van der Waals surface area contributed by atoms with Crippen LogP contribution in [0.3, 0.4) is 0 Å². The van der Waals surface area contributed by atoms with Crippen molar-refractivity contribution in [1.29, 1.82) is 0 Å². The highest BCUT2D eigenvalue weighted by atomic mass is 16.1. The second kappa shape index (κ2) is 3.60. The van der Waals surface area contributed by atoms with E-state index in [0.717, 1.165) is 19.4 Å². The van der Waals surface area contributed by atoms with E-state index < -0.39 is 0 Å². The average molecular weight is 175 g/mol. The topological polar surface area (TPSA) is 29.1 Å². The molecule has 0 bridgehead atoms. The molecule has 0 radical (unpaired) electrons. The molecule has 0 fully saturated rings. The van der Waals surface area contributed by atoms with E-state index >= 15 is 0 Å². The number of benzene rings is 1. The van der Waals surface area contributed by atoms with Crippen molar-refractivity contribution in [3.05, 3.63) is 35.4 Å². The van der Waals surface area contributed by atoms with Gasteiger partial charge in [-0.25, -0.2) is 0 Å². The van der Waals surface area contributed by atoms with E-state index in [9.17, 15) is 4.79 Å². The zero-order valence-electron chi connectivity index (χ0n) is 7.55. The van der Waals surface area contributed by atoms with Crippen LogP contribution in [0.4, 0.5) is 0 Å². The maximum Gasteiger partial charge on any atom is 0.224 e. The van der Waals surface area contributed by atoms with Crippen LogP contribution in [0.1, 0.15) is 17.5 Å². The summed E-state index contributed by atoms with van der Waals surface area (Å²) in [5.74, 6) is 0.146. The highest BCUT2D eigenvalue weighted by Crippen LogP contribution is 2.13. The number of carbonyl (C=O) groups excluding carboxylic acids is 1. The van der Waals surface area contributed by atoms with E-state index in [2.05, 4.69) is 11.4 Å².